The molecule has 2 heterocycles. The first-order chi connectivity index (χ1) is 13.0. The molecule has 0 radical (unpaired) electrons. The van der Waals surface area contributed by atoms with E-state index in [1.165, 1.54) is 6.20 Å². The number of fused-ring (bicyclic) bond motifs is 1. The number of halogens is 1. The minimum absolute atomic E-state index is 0.00839. The van der Waals surface area contributed by atoms with Gasteiger partial charge in [-0.1, -0.05) is 48.0 Å². The third-order valence-electron chi connectivity index (χ3n) is 4.68. The Bertz CT molecular complexity index is 986. The van der Waals surface area contributed by atoms with E-state index in [0.717, 1.165) is 22.6 Å². The van der Waals surface area contributed by atoms with E-state index in [-0.39, 0.29) is 12.1 Å². The van der Waals surface area contributed by atoms with E-state index in [4.69, 9.17) is 11.6 Å². The molecule has 0 aliphatic carbocycles. The van der Waals surface area contributed by atoms with E-state index < -0.39 is 17.8 Å². The molecular weight excluding hydrogens is 366 g/mol. The van der Waals surface area contributed by atoms with E-state index in [9.17, 15) is 14.4 Å². The molecule has 6 nitrogen and oxygen atoms in total. The average molecular weight is 382 g/mol. The van der Waals surface area contributed by atoms with Crippen molar-refractivity contribution in [1.82, 2.24) is 10.2 Å². The van der Waals surface area contributed by atoms with Gasteiger partial charge in [0.15, 0.2) is 0 Å². The zero-order chi connectivity index (χ0) is 19.0. The number of carbonyl (C=O) groups is 3. The smallest absolute Gasteiger partial charge is 0.331 e. The Balaban J connectivity index is 1.64. The highest BCUT2D eigenvalue weighted by molar-refractivity contribution is 6.31. The molecule has 4 rings (SSSR count). The third kappa shape index (κ3) is 3.19. The predicted octanol–water partition coefficient (Wildman–Crippen LogP) is 2.87. The average Bonchev–Trinajstić information content (AvgIpc) is 3.06. The fourth-order valence-corrected chi connectivity index (χ4v) is 3.47. The predicted molar refractivity (Wildman–Crippen MR) is 101 cm³/mol. The molecule has 0 unspecified atom stereocenters. The van der Waals surface area contributed by atoms with Gasteiger partial charge >= 0.3 is 6.03 Å². The van der Waals surface area contributed by atoms with Crippen molar-refractivity contribution in [2.24, 2.45) is 0 Å². The summed E-state index contributed by atoms with van der Waals surface area (Å²) in [5, 5.41) is 2.69. The van der Waals surface area contributed by atoms with Gasteiger partial charge in [-0.2, -0.15) is 0 Å². The zero-order valence-corrected chi connectivity index (χ0v) is 15.1. The van der Waals surface area contributed by atoms with Crippen molar-refractivity contribution in [1.29, 1.82) is 0 Å². The maximum absolute atomic E-state index is 12.9. The van der Waals surface area contributed by atoms with Crippen molar-refractivity contribution in [3.8, 4) is 0 Å². The topological polar surface area (TPSA) is 69.7 Å². The first-order valence-corrected chi connectivity index (χ1v) is 8.89. The van der Waals surface area contributed by atoms with Crippen LogP contribution in [0, 0.1) is 0 Å². The van der Waals surface area contributed by atoms with Gasteiger partial charge in [-0.25, -0.2) is 4.79 Å². The molecule has 0 aromatic heterocycles. The number of nitrogens with zero attached hydrogens (tertiary/aromatic N) is 2. The largest absolute Gasteiger partial charge is 0.346 e. The van der Waals surface area contributed by atoms with Gasteiger partial charge in [-0.05, 0) is 29.7 Å². The number of imide groups is 2. The van der Waals surface area contributed by atoms with Crippen molar-refractivity contribution in [3.63, 3.8) is 0 Å². The molecule has 136 valence electrons. The number of hydrogen-bond acceptors (Lipinski definition) is 4. The van der Waals surface area contributed by atoms with E-state index in [0.29, 0.717) is 17.1 Å². The fraction of sp³-hybridized carbons (Fsp3) is 0.150. The molecule has 7 heteroatoms. The third-order valence-corrected chi connectivity index (χ3v) is 5.05. The lowest BCUT2D eigenvalue weighted by Gasteiger charge is -2.27. The number of para-hydroxylation sites is 1. The van der Waals surface area contributed by atoms with Crippen LogP contribution < -0.4 is 10.2 Å². The highest BCUT2D eigenvalue weighted by Gasteiger charge is 2.37. The van der Waals surface area contributed by atoms with Gasteiger partial charge in [0, 0.05) is 23.5 Å². The van der Waals surface area contributed by atoms with Gasteiger partial charge in [0.05, 0.1) is 6.54 Å². The van der Waals surface area contributed by atoms with Gasteiger partial charge < -0.3 is 4.90 Å². The molecule has 2 aromatic rings. The number of hydrogen-bond donors (Lipinski definition) is 1. The van der Waals surface area contributed by atoms with Crippen LogP contribution in [-0.4, -0.2) is 29.3 Å². The molecule has 0 bridgehead atoms. The molecule has 0 atom stereocenters. The lowest BCUT2D eigenvalue weighted by Crippen LogP contribution is -2.54. The summed E-state index contributed by atoms with van der Waals surface area (Å²) in [5.41, 5.74) is 2.67. The van der Waals surface area contributed by atoms with Crippen LogP contribution in [0.1, 0.15) is 11.1 Å². The summed E-state index contributed by atoms with van der Waals surface area (Å²) < 4.78 is 0. The number of rotatable bonds is 3. The molecule has 2 aliphatic rings. The van der Waals surface area contributed by atoms with Crippen molar-refractivity contribution in [3.05, 3.63) is 76.5 Å². The first kappa shape index (κ1) is 17.3. The number of benzene rings is 2. The Morgan fingerprint density at radius 2 is 1.78 bits per heavy atom. The lowest BCUT2D eigenvalue weighted by atomic mass is 10.1. The van der Waals surface area contributed by atoms with Crippen molar-refractivity contribution in [2.75, 3.05) is 11.4 Å². The van der Waals surface area contributed by atoms with Gasteiger partial charge in [0.1, 0.15) is 5.57 Å². The molecular formula is C20H16ClN3O3. The Morgan fingerprint density at radius 3 is 2.59 bits per heavy atom. The maximum Gasteiger partial charge on any atom is 0.331 e. The highest BCUT2D eigenvalue weighted by Crippen LogP contribution is 2.29. The van der Waals surface area contributed by atoms with Gasteiger partial charge in [0.2, 0.25) is 0 Å². The summed E-state index contributed by atoms with van der Waals surface area (Å²) in [6.45, 7) is 0.660. The second-order valence-corrected chi connectivity index (χ2v) is 6.76. The SMILES string of the molecule is O=C1NC(=O)N(Cc2ccccc2Cl)C(=O)C1=CN1CCc2ccccc21. The van der Waals surface area contributed by atoms with Crippen LogP contribution in [0.2, 0.25) is 5.02 Å². The monoisotopic (exact) mass is 381 g/mol. The summed E-state index contributed by atoms with van der Waals surface area (Å²) >= 11 is 6.14. The molecule has 27 heavy (non-hydrogen) atoms. The van der Waals surface area contributed by atoms with Crippen LogP contribution >= 0.6 is 11.6 Å². The van der Waals surface area contributed by atoms with Crippen LogP contribution in [0.3, 0.4) is 0 Å². The minimum atomic E-state index is -0.746. The number of urea groups is 1. The molecule has 1 saturated heterocycles. The molecule has 4 amide bonds. The molecule has 2 aromatic carbocycles. The number of anilines is 1. The fourth-order valence-electron chi connectivity index (χ4n) is 3.27. The molecule has 1 fully saturated rings. The first-order valence-electron chi connectivity index (χ1n) is 8.51. The molecule has 0 spiro atoms. The van der Waals surface area contributed by atoms with Crippen LogP contribution in [0.5, 0.6) is 0 Å². The summed E-state index contributed by atoms with van der Waals surface area (Å²) in [7, 11) is 0. The van der Waals surface area contributed by atoms with Crippen molar-refractivity contribution in [2.45, 2.75) is 13.0 Å². The standard InChI is InChI=1S/C20H16ClN3O3/c21-16-7-3-1-6-14(16)11-24-19(26)15(18(25)22-20(24)27)12-23-10-9-13-5-2-4-8-17(13)23/h1-8,12H,9-11H2,(H,22,25,27). The number of carbonyl (C=O) groups excluding carboxylic acids is 3. The van der Waals surface area contributed by atoms with Crippen LogP contribution in [0.15, 0.2) is 60.3 Å². The van der Waals surface area contributed by atoms with Gasteiger partial charge in [-0.15, -0.1) is 0 Å². The van der Waals surface area contributed by atoms with Gasteiger partial charge in [-0.3, -0.25) is 19.8 Å². The molecule has 2 aliphatic heterocycles. The maximum atomic E-state index is 12.9. The Kier molecular flexibility index (Phi) is 4.41. The lowest BCUT2D eigenvalue weighted by molar-refractivity contribution is -0.130. The summed E-state index contributed by atoms with van der Waals surface area (Å²) in [6.07, 6.45) is 2.35. The number of nitrogens with one attached hydrogen (secondary N) is 1. The Morgan fingerprint density at radius 1 is 1.04 bits per heavy atom. The van der Waals surface area contributed by atoms with Crippen molar-refractivity contribution < 1.29 is 14.4 Å². The summed E-state index contributed by atoms with van der Waals surface area (Å²) in [5.74, 6) is -1.32. The van der Waals surface area contributed by atoms with E-state index in [1.807, 2.05) is 29.2 Å². The minimum Gasteiger partial charge on any atom is -0.346 e. The molecule has 0 saturated carbocycles. The van der Waals surface area contributed by atoms with Crippen LogP contribution in [0.25, 0.3) is 0 Å². The van der Waals surface area contributed by atoms with Gasteiger partial charge in [0.25, 0.3) is 11.8 Å². The van der Waals surface area contributed by atoms with Crippen molar-refractivity contribution >= 4 is 35.1 Å². The zero-order valence-electron chi connectivity index (χ0n) is 14.3. The molecule has 1 N–H and O–H groups in total. The Labute approximate surface area is 161 Å². The second kappa shape index (κ2) is 6.89. The number of amides is 4. The number of barbiturate groups is 1. The summed E-state index contributed by atoms with van der Waals surface area (Å²) in [4.78, 5) is 40.2. The van der Waals surface area contributed by atoms with Crippen LogP contribution in [-0.2, 0) is 22.6 Å². The normalized spacial score (nSPS) is 18.1. The summed E-state index contributed by atoms with van der Waals surface area (Å²) in [6, 6.07) is 14.0. The quantitative estimate of drug-likeness (QED) is 0.655. The van der Waals surface area contributed by atoms with E-state index >= 15 is 0 Å². The second-order valence-electron chi connectivity index (χ2n) is 6.36. The van der Waals surface area contributed by atoms with Crippen LogP contribution in [0.4, 0.5) is 10.5 Å². The highest BCUT2D eigenvalue weighted by atomic mass is 35.5. The Hall–Kier alpha value is -3.12. The van der Waals surface area contributed by atoms with E-state index in [2.05, 4.69) is 5.32 Å². The van der Waals surface area contributed by atoms with E-state index in [1.54, 1.807) is 24.3 Å².